The van der Waals surface area contributed by atoms with Crippen LogP contribution < -0.4 is 5.73 Å². The Kier molecular flexibility index (Phi) is 4.30. The smallest absolute Gasteiger partial charge is 0.0635 e. The summed E-state index contributed by atoms with van der Waals surface area (Å²) in [5, 5.41) is 0.651. The number of halogens is 1. The molecule has 2 N–H and O–H groups in total. The van der Waals surface area contributed by atoms with Gasteiger partial charge in [0.2, 0.25) is 0 Å². The minimum Gasteiger partial charge on any atom is -0.398 e. The van der Waals surface area contributed by atoms with Gasteiger partial charge in [0, 0.05) is 6.54 Å². The second-order valence-electron chi connectivity index (χ2n) is 5.17. The van der Waals surface area contributed by atoms with Crippen molar-refractivity contribution in [2.24, 2.45) is 5.92 Å². The van der Waals surface area contributed by atoms with Gasteiger partial charge < -0.3 is 5.73 Å². The lowest BCUT2D eigenvalue weighted by atomic mass is 10.0. The van der Waals surface area contributed by atoms with Crippen LogP contribution in [0.2, 0.25) is 5.02 Å². The predicted molar refractivity (Wildman–Crippen MR) is 74.2 cm³/mol. The van der Waals surface area contributed by atoms with E-state index in [0.717, 1.165) is 12.5 Å². The Labute approximate surface area is 109 Å². The van der Waals surface area contributed by atoms with E-state index < -0.39 is 0 Å². The van der Waals surface area contributed by atoms with Crippen LogP contribution in [-0.4, -0.2) is 18.0 Å². The zero-order valence-electron chi connectivity index (χ0n) is 10.5. The summed E-state index contributed by atoms with van der Waals surface area (Å²) in [7, 11) is 0. The largest absolute Gasteiger partial charge is 0.398 e. The number of anilines is 1. The highest BCUT2D eigenvalue weighted by atomic mass is 35.5. The highest BCUT2D eigenvalue weighted by molar-refractivity contribution is 6.33. The van der Waals surface area contributed by atoms with Crippen molar-refractivity contribution < 1.29 is 0 Å². The Balaban J connectivity index is 1.97. The standard InChI is InChI=1S/C14H21ClN2/c1-11-3-2-7-17(8-6-11)10-12-4-5-13(15)14(16)9-12/h4-5,9,11H,2-3,6-8,10,16H2,1H3. The van der Waals surface area contributed by atoms with E-state index in [-0.39, 0.29) is 0 Å². The normalized spacial score (nSPS) is 22.4. The number of benzene rings is 1. The molecule has 0 amide bonds. The molecule has 1 saturated heterocycles. The van der Waals surface area contributed by atoms with Gasteiger partial charge in [-0.25, -0.2) is 0 Å². The average Bonchev–Trinajstić information content (AvgIpc) is 2.49. The number of nitrogen functional groups attached to an aromatic ring is 1. The summed E-state index contributed by atoms with van der Waals surface area (Å²) in [5.74, 6) is 0.871. The molecule has 0 spiro atoms. The van der Waals surface area contributed by atoms with E-state index in [1.165, 1.54) is 37.9 Å². The Morgan fingerprint density at radius 2 is 2.18 bits per heavy atom. The maximum absolute atomic E-state index is 5.93. The van der Waals surface area contributed by atoms with Gasteiger partial charge in [-0.1, -0.05) is 24.6 Å². The Morgan fingerprint density at radius 3 is 2.94 bits per heavy atom. The first-order valence-electron chi connectivity index (χ1n) is 6.41. The molecule has 0 saturated carbocycles. The molecular formula is C14H21ClN2. The van der Waals surface area contributed by atoms with Gasteiger partial charge in [-0.05, 0) is 56.0 Å². The van der Waals surface area contributed by atoms with E-state index in [0.29, 0.717) is 10.7 Å². The molecule has 3 heteroatoms. The van der Waals surface area contributed by atoms with Gasteiger partial charge in [0.25, 0.3) is 0 Å². The van der Waals surface area contributed by atoms with E-state index in [2.05, 4.69) is 17.9 Å². The minimum absolute atomic E-state index is 0.651. The van der Waals surface area contributed by atoms with Crippen LogP contribution in [0.4, 0.5) is 5.69 Å². The molecule has 0 aromatic heterocycles. The molecule has 17 heavy (non-hydrogen) atoms. The third-order valence-corrected chi connectivity index (χ3v) is 3.92. The van der Waals surface area contributed by atoms with Gasteiger partial charge in [-0.15, -0.1) is 0 Å². The first kappa shape index (κ1) is 12.7. The molecule has 1 fully saturated rings. The van der Waals surface area contributed by atoms with Gasteiger partial charge >= 0.3 is 0 Å². The number of nitrogens with zero attached hydrogens (tertiary/aromatic N) is 1. The molecule has 1 atom stereocenters. The summed E-state index contributed by atoms with van der Waals surface area (Å²) in [5.41, 5.74) is 7.78. The number of rotatable bonds is 2. The topological polar surface area (TPSA) is 29.3 Å². The van der Waals surface area contributed by atoms with Gasteiger partial charge in [0.1, 0.15) is 0 Å². The van der Waals surface area contributed by atoms with Gasteiger partial charge in [-0.3, -0.25) is 4.90 Å². The SMILES string of the molecule is CC1CCCN(Cc2ccc(Cl)c(N)c2)CC1. The molecule has 94 valence electrons. The highest BCUT2D eigenvalue weighted by Gasteiger charge is 2.14. The van der Waals surface area contributed by atoms with Gasteiger partial charge in [0.05, 0.1) is 10.7 Å². The summed E-state index contributed by atoms with van der Waals surface area (Å²) >= 11 is 5.93. The van der Waals surface area contributed by atoms with E-state index in [9.17, 15) is 0 Å². The zero-order valence-corrected chi connectivity index (χ0v) is 11.2. The van der Waals surface area contributed by atoms with Crippen molar-refractivity contribution in [1.82, 2.24) is 4.90 Å². The zero-order chi connectivity index (χ0) is 12.3. The van der Waals surface area contributed by atoms with Crippen LogP contribution in [0.15, 0.2) is 18.2 Å². The molecule has 0 bridgehead atoms. The van der Waals surface area contributed by atoms with Crippen molar-refractivity contribution in [3.05, 3.63) is 28.8 Å². The molecule has 0 aliphatic carbocycles. The van der Waals surface area contributed by atoms with Crippen LogP contribution in [-0.2, 0) is 6.54 Å². The highest BCUT2D eigenvalue weighted by Crippen LogP contribution is 2.22. The molecular weight excluding hydrogens is 232 g/mol. The molecule has 1 aromatic carbocycles. The molecule has 1 aliphatic heterocycles. The molecule has 1 aliphatic rings. The second-order valence-corrected chi connectivity index (χ2v) is 5.58. The molecule has 2 rings (SSSR count). The maximum atomic E-state index is 5.93. The lowest BCUT2D eigenvalue weighted by Crippen LogP contribution is -2.24. The van der Waals surface area contributed by atoms with Crippen LogP contribution in [0.1, 0.15) is 31.7 Å². The monoisotopic (exact) mass is 252 g/mol. The van der Waals surface area contributed by atoms with E-state index in [4.69, 9.17) is 17.3 Å². The first-order chi connectivity index (χ1) is 8.15. The quantitative estimate of drug-likeness (QED) is 0.816. The van der Waals surface area contributed by atoms with Crippen molar-refractivity contribution >= 4 is 17.3 Å². The molecule has 2 nitrogen and oxygen atoms in total. The van der Waals surface area contributed by atoms with Crippen LogP contribution >= 0.6 is 11.6 Å². The van der Waals surface area contributed by atoms with Crippen molar-refractivity contribution in [2.45, 2.75) is 32.7 Å². The number of nitrogens with two attached hydrogens (primary N) is 1. The third-order valence-electron chi connectivity index (χ3n) is 3.58. The number of likely N-dealkylation sites (tertiary alicyclic amines) is 1. The van der Waals surface area contributed by atoms with Crippen LogP contribution in [0.3, 0.4) is 0 Å². The van der Waals surface area contributed by atoms with Crippen LogP contribution in [0, 0.1) is 5.92 Å². The van der Waals surface area contributed by atoms with E-state index >= 15 is 0 Å². The second kappa shape index (κ2) is 5.74. The van der Waals surface area contributed by atoms with Crippen LogP contribution in [0.25, 0.3) is 0 Å². The fourth-order valence-corrected chi connectivity index (χ4v) is 2.55. The summed E-state index contributed by atoms with van der Waals surface area (Å²) in [6.45, 7) is 5.74. The molecule has 0 radical (unpaired) electrons. The summed E-state index contributed by atoms with van der Waals surface area (Å²) < 4.78 is 0. The fourth-order valence-electron chi connectivity index (χ4n) is 2.43. The predicted octanol–water partition coefficient (Wildman–Crippen LogP) is 3.54. The number of hydrogen-bond acceptors (Lipinski definition) is 2. The molecule has 1 unspecified atom stereocenters. The van der Waals surface area contributed by atoms with Gasteiger partial charge in [0.15, 0.2) is 0 Å². The van der Waals surface area contributed by atoms with Gasteiger partial charge in [-0.2, -0.15) is 0 Å². The van der Waals surface area contributed by atoms with Crippen molar-refractivity contribution in [2.75, 3.05) is 18.8 Å². The third kappa shape index (κ3) is 3.62. The van der Waals surface area contributed by atoms with Crippen molar-refractivity contribution in [1.29, 1.82) is 0 Å². The molecule has 1 aromatic rings. The Morgan fingerprint density at radius 1 is 1.35 bits per heavy atom. The minimum atomic E-state index is 0.651. The lowest BCUT2D eigenvalue weighted by Gasteiger charge is -2.20. The van der Waals surface area contributed by atoms with E-state index in [1.54, 1.807) is 0 Å². The van der Waals surface area contributed by atoms with Crippen molar-refractivity contribution in [3.8, 4) is 0 Å². The maximum Gasteiger partial charge on any atom is 0.0635 e. The molecule has 1 heterocycles. The Hall–Kier alpha value is -0.730. The Bertz CT molecular complexity index is 378. The summed E-state index contributed by atoms with van der Waals surface area (Å²) in [4.78, 5) is 2.52. The van der Waals surface area contributed by atoms with E-state index in [1.807, 2.05) is 12.1 Å². The summed E-state index contributed by atoms with van der Waals surface area (Å²) in [6, 6.07) is 5.97. The first-order valence-corrected chi connectivity index (χ1v) is 6.79. The lowest BCUT2D eigenvalue weighted by molar-refractivity contribution is 0.274. The van der Waals surface area contributed by atoms with Crippen LogP contribution in [0.5, 0.6) is 0 Å². The number of hydrogen-bond donors (Lipinski definition) is 1. The fraction of sp³-hybridized carbons (Fsp3) is 0.571. The summed E-state index contributed by atoms with van der Waals surface area (Å²) in [6.07, 6.45) is 3.98. The average molecular weight is 253 g/mol. The van der Waals surface area contributed by atoms with Crippen molar-refractivity contribution in [3.63, 3.8) is 0 Å².